The average molecular weight is 358 g/mol. The minimum absolute atomic E-state index is 0.0619. The van der Waals surface area contributed by atoms with Crippen LogP contribution in [0.2, 0.25) is 0 Å². The van der Waals surface area contributed by atoms with Crippen molar-refractivity contribution in [1.82, 2.24) is 4.57 Å². The molecule has 0 aliphatic heterocycles. The van der Waals surface area contributed by atoms with Gasteiger partial charge in [-0.3, -0.25) is 0 Å². The summed E-state index contributed by atoms with van der Waals surface area (Å²) in [5, 5.41) is 0. The monoisotopic (exact) mass is 357 g/mol. The van der Waals surface area contributed by atoms with Gasteiger partial charge in [-0.1, -0.05) is 46.2 Å². The van der Waals surface area contributed by atoms with Crippen LogP contribution in [0.15, 0.2) is 24.3 Å². The van der Waals surface area contributed by atoms with Gasteiger partial charge in [-0.25, -0.2) is 13.9 Å². The highest BCUT2D eigenvalue weighted by molar-refractivity contribution is 5.76. The zero-order chi connectivity index (χ0) is 18.8. The summed E-state index contributed by atoms with van der Waals surface area (Å²) in [6.45, 7) is 9.19. The third kappa shape index (κ3) is 3.65. The first-order chi connectivity index (χ1) is 12.4. The van der Waals surface area contributed by atoms with Gasteiger partial charge in [-0.15, -0.1) is 0 Å². The lowest BCUT2D eigenvalue weighted by Crippen LogP contribution is -2.37. The first-order valence-corrected chi connectivity index (χ1v) is 10.1. The topological polar surface area (TPSA) is 35.1 Å². The molecule has 2 aromatic rings. The van der Waals surface area contributed by atoms with Crippen LogP contribution in [0.4, 0.5) is 0 Å². The molecule has 1 heterocycles. The normalized spacial score (nSPS) is 23.5. The Morgan fingerprint density at radius 1 is 1.31 bits per heavy atom. The summed E-state index contributed by atoms with van der Waals surface area (Å²) in [4.78, 5) is 12.8. The standard InChI is InChI=1S/C22H33N2O2/c1-6-21-23(5)18-9-7-8-10-19(18)24(21)14-22(25)26-20-13-16(4)11-12-17(20)15(2)3/h7-10,15-17,20H,6,11-14H2,1-5H3/q+1/t16-,17?,20+/m1/s1. The van der Waals surface area contributed by atoms with Crippen molar-refractivity contribution in [2.75, 3.05) is 0 Å². The molecule has 1 fully saturated rings. The van der Waals surface area contributed by atoms with E-state index < -0.39 is 0 Å². The van der Waals surface area contributed by atoms with E-state index in [9.17, 15) is 4.79 Å². The summed E-state index contributed by atoms with van der Waals surface area (Å²) >= 11 is 0. The summed E-state index contributed by atoms with van der Waals surface area (Å²) in [6, 6.07) is 8.26. The van der Waals surface area contributed by atoms with Gasteiger partial charge in [0.05, 0.1) is 7.05 Å². The number of aromatic nitrogens is 2. The maximum absolute atomic E-state index is 12.8. The Labute approximate surface area is 157 Å². The van der Waals surface area contributed by atoms with E-state index in [4.69, 9.17) is 4.74 Å². The van der Waals surface area contributed by atoms with Crippen molar-refractivity contribution < 1.29 is 14.1 Å². The van der Waals surface area contributed by atoms with Crippen LogP contribution < -0.4 is 4.57 Å². The zero-order valence-electron chi connectivity index (χ0n) is 16.9. The van der Waals surface area contributed by atoms with E-state index in [1.807, 2.05) is 12.1 Å². The molecule has 4 heteroatoms. The number of para-hydroxylation sites is 2. The fourth-order valence-electron chi connectivity index (χ4n) is 4.63. The summed E-state index contributed by atoms with van der Waals surface area (Å²) in [5.74, 6) is 2.72. The molecule has 142 valence electrons. The van der Waals surface area contributed by atoms with E-state index in [0.29, 0.717) is 24.3 Å². The second-order valence-corrected chi connectivity index (χ2v) is 8.26. The van der Waals surface area contributed by atoms with Crippen LogP contribution >= 0.6 is 0 Å². The third-order valence-corrected chi connectivity index (χ3v) is 6.08. The van der Waals surface area contributed by atoms with Crippen LogP contribution in [0, 0.1) is 17.8 Å². The highest BCUT2D eigenvalue weighted by Gasteiger charge is 2.34. The van der Waals surface area contributed by atoms with Gasteiger partial charge in [0.1, 0.15) is 6.10 Å². The van der Waals surface area contributed by atoms with Gasteiger partial charge >= 0.3 is 5.97 Å². The molecule has 1 unspecified atom stereocenters. The number of rotatable bonds is 5. The second kappa shape index (κ2) is 7.81. The molecule has 1 aliphatic rings. The Hall–Kier alpha value is -1.84. The third-order valence-electron chi connectivity index (χ3n) is 6.08. The van der Waals surface area contributed by atoms with Crippen molar-refractivity contribution in [2.24, 2.45) is 24.8 Å². The van der Waals surface area contributed by atoms with Crippen molar-refractivity contribution >= 4 is 17.0 Å². The van der Waals surface area contributed by atoms with Gasteiger partial charge in [-0.05, 0) is 42.7 Å². The SMILES string of the molecule is CCc1n(CC(=O)O[C@H]2C[C@H](C)CCC2C(C)C)c2ccccc2[n+]1C. The van der Waals surface area contributed by atoms with Crippen molar-refractivity contribution in [3.63, 3.8) is 0 Å². The quantitative estimate of drug-likeness (QED) is 0.598. The minimum Gasteiger partial charge on any atom is -0.459 e. The Bertz CT molecular complexity index is 778. The number of ether oxygens (including phenoxy) is 1. The fraction of sp³-hybridized carbons (Fsp3) is 0.636. The number of imidazole rings is 1. The second-order valence-electron chi connectivity index (χ2n) is 8.26. The molecule has 1 aliphatic carbocycles. The largest absolute Gasteiger partial charge is 0.459 e. The van der Waals surface area contributed by atoms with Gasteiger partial charge in [0.2, 0.25) is 0 Å². The average Bonchev–Trinajstić information content (AvgIpc) is 2.86. The van der Waals surface area contributed by atoms with Gasteiger partial charge in [0, 0.05) is 6.42 Å². The van der Waals surface area contributed by atoms with Crippen molar-refractivity contribution in [1.29, 1.82) is 0 Å². The maximum Gasteiger partial charge on any atom is 0.348 e. The molecule has 0 amide bonds. The van der Waals surface area contributed by atoms with Crippen LogP contribution in [0.5, 0.6) is 0 Å². The van der Waals surface area contributed by atoms with E-state index in [-0.39, 0.29) is 12.1 Å². The molecule has 1 saturated carbocycles. The number of hydrogen-bond donors (Lipinski definition) is 0. The molecule has 0 spiro atoms. The molecule has 0 radical (unpaired) electrons. The molecule has 0 saturated heterocycles. The number of hydrogen-bond acceptors (Lipinski definition) is 2. The predicted octanol–water partition coefficient (Wildman–Crippen LogP) is 4.03. The number of fused-ring (bicyclic) bond motifs is 1. The van der Waals surface area contributed by atoms with Crippen molar-refractivity contribution in [3.05, 3.63) is 30.1 Å². The van der Waals surface area contributed by atoms with Crippen LogP contribution in [-0.2, 0) is 29.5 Å². The Morgan fingerprint density at radius 2 is 2.04 bits per heavy atom. The van der Waals surface area contributed by atoms with Crippen LogP contribution in [0.25, 0.3) is 11.0 Å². The molecule has 0 bridgehead atoms. The van der Waals surface area contributed by atoms with E-state index >= 15 is 0 Å². The number of benzene rings is 1. The number of aryl methyl sites for hydroxylation is 1. The molecule has 1 aromatic heterocycles. The minimum atomic E-state index is -0.106. The first kappa shape index (κ1) is 18.9. The van der Waals surface area contributed by atoms with E-state index in [1.54, 1.807) is 0 Å². The van der Waals surface area contributed by atoms with Gasteiger partial charge < -0.3 is 4.74 Å². The Morgan fingerprint density at radius 3 is 2.73 bits per heavy atom. The maximum atomic E-state index is 12.8. The van der Waals surface area contributed by atoms with Gasteiger partial charge in [-0.2, -0.15) is 0 Å². The zero-order valence-corrected chi connectivity index (χ0v) is 16.9. The first-order valence-electron chi connectivity index (χ1n) is 10.1. The number of nitrogens with zero attached hydrogens (tertiary/aromatic N) is 2. The Kier molecular flexibility index (Phi) is 5.69. The van der Waals surface area contributed by atoms with Crippen LogP contribution in [0.1, 0.15) is 52.8 Å². The van der Waals surface area contributed by atoms with Gasteiger partial charge in [0.25, 0.3) is 5.82 Å². The molecule has 1 aromatic carbocycles. The number of carbonyl (C=O) groups excluding carboxylic acids is 1. The lowest BCUT2D eigenvalue weighted by molar-refractivity contribution is -0.653. The lowest BCUT2D eigenvalue weighted by atomic mass is 9.75. The molecule has 3 atom stereocenters. The molecule has 4 nitrogen and oxygen atoms in total. The fourth-order valence-corrected chi connectivity index (χ4v) is 4.63. The van der Waals surface area contributed by atoms with Crippen molar-refractivity contribution in [2.45, 2.75) is 66.0 Å². The molecular weight excluding hydrogens is 324 g/mol. The van der Waals surface area contributed by atoms with Crippen LogP contribution in [0.3, 0.4) is 0 Å². The summed E-state index contributed by atoms with van der Waals surface area (Å²) in [5.41, 5.74) is 2.25. The number of esters is 1. The lowest BCUT2D eigenvalue weighted by Gasteiger charge is -2.36. The summed E-state index contributed by atoms with van der Waals surface area (Å²) in [6.07, 6.45) is 4.35. The smallest absolute Gasteiger partial charge is 0.348 e. The molecular formula is C22H33N2O2+. The summed E-state index contributed by atoms with van der Waals surface area (Å²) in [7, 11) is 2.07. The molecule has 0 N–H and O–H groups in total. The van der Waals surface area contributed by atoms with E-state index in [1.165, 1.54) is 12.8 Å². The van der Waals surface area contributed by atoms with E-state index in [2.05, 4.69) is 56.0 Å². The predicted molar refractivity (Wildman–Crippen MR) is 104 cm³/mol. The highest BCUT2D eigenvalue weighted by atomic mass is 16.5. The van der Waals surface area contributed by atoms with E-state index in [0.717, 1.165) is 29.7 Å². The number of carbonyl (C=O) groups is 1. The Balaban J connectivity index is 1.81. The molecule has 3 rings (SSSR count). The molecule has 26 heavy (non-hydrogen) atoms. The van der Waals surface area contributed by atoms with Crippen molar-refractivity contribution in [3.8, 4) is 0 Å². The summed E-state index contributed by atoms with van der Waals surface area (Å²) < 4.78 is 10.3. The van der Waals surface area contributed by atoms with Gasteiger partial charge in [0.15, 0.2) is 17.6 Å². The van der Waals surface area contributed by atoms with Crippen LogP contribution in [-0.4, -0.2) is 16.6 Å². The highest BCUT2D eigenvalue weighted by Crippen LogP contribution is 2.35.